The minimum absolute atomic E-state index is 0.390. The molecule has 2 aromatic rings. The number of nitrogens with zero attached hydrogens (tertiary/aromatic N) is 2. The highest BCUT2D eigenvalue weighted by Crippen LogP contribution is 2.05. The van der Waals surface area contributed by atoms with Gasteiger partial charge >= 0.3 is 0 Å². The lowest BCUT2D eigenvalue weighted by atomic mass is 10.2. The van der Waals surface area contributed by atoms with E-state index in [1.165, 1.54) is 0 Å². The van der Waals surface area contributed by atoms with E-state index in [4.69, 9.17) is 10.5 Å². The monoisotopic (exact) mass is 241 g/mol. The first-order valence-corrected chi connectivity index (χ1v) is 5.74. The van der Waals surface area contributed by atoms with Gasteiger partial charge in [0.2, 0.25) is 5.88 Å². The quantitative estimate of drug-likeness (QED) is 0.870. The first-order chi connectivity index (χ1) is 8.88. The van der Waals surface area contributed by atoms with Crippen molar-refractivity contribution in [1.29, 1.82) is 0 Å². The standard InChI is InChI=1S/C14H15N3O/c15-9-13-10-17-14(11-16-13)18-8-4-7-12-5-2-1-3-6-12/h1-7,10-11H,8-9,15H2/b7-4+. The molecule has 0 fully saturated rings. The van der Waals surface area contributed by atoms with Crippen LogP contribution in [0.3, 0.4) is 0 Å². The molecule has 0 atom stereocenters. The minimum atomic E-state index is 0.390. The molecule has 18 heavy (non-hydrogen) atoms. The second-order valence-electron chi connectivity index (χ2n) is 3.67. The summed E-state index contributed by atoms with van der Waals surface area (Å²) in [5, 5.41) is 0. The largest absolute Gasteiger partial charge is 0.472 e. The molecular formula is C14H15N3O. The Hall–Kier alpha value is -2.20. The van der Waals surface area contributed by atoms with Gasteiger partial charge in [0.25, 0.3) is 0 Å². The topological polar surface area (TPSA) is 61.0 Å². The van der Waals surface area contributed by atoms with Crippen molar-refractivity contribution >= 4 is 6.08 Å². The SMILES string of the molecule is NCc1cnc(OC/C=C/c2ccccc2)cn1. The maximum absolute atomic E-state index is 5.43. The summed E-state index contributed by atoms with van der Waals surface area (Å²) in [7, 11) is 0. The van der Waals surface area contributed by atoms with Gasteiger partial charge in [-0.15, -0.1) is 0 Å². The number of hydrogen-bond acceptors (Lipinski definition) is 4. The number of aromatic nitrogens is 2. The van der Waals surface area contributed by atoms with Crippen LogP contribution in [0.15, 0.2) is 48.8 Å². The van der Waals surface area contributed by atoms with E-state index >= 15 is 0 Å². The van der Waals surface area contributed by atoms with E-state index in [0.717, 1.165) is 11.3 Å². The second-order valence-corrected chi connectivity index (χ2v) is 3.67. The Morgan fingerprint density at radius 2 is 1.94 bits per heavy atom. The smallest absolute Gasteiger partial charge is 0.232 e. The molecule has 0 aliphatic rings. The molecule has 4 heteroatoms. The van der Waals surface area contributed by atoms with Gasteiger partial charge in [-0.2, -0.15) is 0 Å². The van der Waals surface area contributed by atoms with E-state index in [2.05, 4.69) is 9.97 Å². The number of nitrogens with two attached hydrogens (primary N) is 1. The Labute approximate surface area is 106 Å². The second kappa shape index (κ2) is 6.51. The summed E-state index contributed by atoms with van der Waals surface area (Å²) in [5.74, 6) is 0.505. The maximum atomic E-state index is 5.43. The lowest BCUT2D eigenvalue weighted by molar-refractivity contribution is 0.347. The van der Waals surface area contributed by atoms with Gasteiger partial charge < -0.3 is 10.5 Å². The van der Waals surface area contributed by atoms with Crippen molar-refractivity contribution in [3.63, 3.8) is 0 Å². The Balaban J connectivity index is 1.83. The summed E-state index contributed by atoms with van der Waals surface area (Å²) in [6, 6.07) is 10.1. The zero-order valence-corrected chi connectivity index (χ0v) is 9.99. The van der Waals surface area contributed by atoms with Gasteiger partial charge in [0, 0.05) is 6.54 Å². The summed E-state index contributed by atoms with van der Waals surface area (Å²) in [5.41, 5.74) is 7.33. The third-order valence-corrected chi connectivity index (χ3v) is 2.33. The van der Waals surface area contributed by atoms with E-state index in [1.807, 2.05) is 42.5 Å². The van der Waals surface area contributed by atoms with Crippen molar-refractivity contribution in [3.05, 3.63) is 60.1 Å². The third-order valence-electron chi connectivity index (χ3n) is 2.33. The van der Waals surface area contributed by atoms with E-state index in [-0.39, 0.29) is 0 Å². The van der Waals surface area contributed by atoms with Gasteiger partial charge in [0.05, 0.1) is 18.1 Å². The molecule has 1 aromatic carbocycles. The number of hydrogen-bond donors (Lipinski definition) is 1. The van der Waals surface area contributed by atoms with Crippen LogP contribution in [0.5, 0.6) is 5.88 Å². The average Bonchev–Trinajstić information content (AvgIpc) is 2.45. The zero-order chi connectivity index (χ0) is 12.6. The fourth-order valence-corrected chi connectivity index (χ4v) is 1.40. The number of rotatable bonds is 5. The Morgan fingerprint density at radius 1 is 1.11 bits per heavy atom. The first-order valence-electron chi connectivity index (χ1n) is 5.74. The van der Waals surface area contributed by atoms with Crippen LogP contribution in [-0.4, -0.2) is 16.6 Å². The van der Waals surface area contributed by atoms with Crippen LogP contribution in [0.4, 0.5) is 0 Å². The molecule has 1 heterocycles. The third kappa shape index (κ3) is 3.68. The summed E-state index contributed by atoms with van der Waals surface area (Å²) in [6.07, 6.45) is 7.14. The summed E-state index contributed by atoms with van der Waals surface area (Å²) in [6.45, 7) is 0.854. The van der Waals surface area contributed by atoms with Crippen LogP contribution in [0.25, 0.3) is 6.08 Å². The molecule has 0 saturated heterocycles. The molecule has 0 unspecified atom stereocenters. The molecule has 2 rings (SSSR count). The fourth-order valence-electron chi connectivity index (χ4n) is 1.40. The van der Waals surface area contributed by atoms with Crippen LogP contribution in [-0.2, 0) is 6.54 Å². The zero-order valence-electron chi connectivity index (χ0n) is 9.99. The lowest BCUT2D eigenvalue weighted by Crippen LogP contribution is -2.02. The molecule has 0 aliphatic carbocycles. The first kappa shape index (κ1) is 12.3. The maximum Gasteiger partial charge on any atom is 0.232 e. The van der Waals surface area contributed by atoms with Crippen LogP contribution in [0.2, 0.25) is 0 Å². The van der Waals surface area contributed by atoms with E-state index < -0.39 is 0 Å². The molecule has 0 spiro atoms. The molecule has 0 bridgehead atoms. The summed E-state index contributed by atoms with van der Waals surface area (Å²) >= 11 is 0. The van der Waals surface area contributed by atoms with Gasteiger partial charge in [0.1, 0.15) is 6.61 Å². The number of benzene rings is 1. The Kier molecular flexibility index (Phi) is 4.44. The molecule has 0 amide bonds. The molecule has 4 nitrogen and oxygen atoms in total. The van der Waals surface area contributed by atoms with Crippen molar-refractivity contribution < 1.29 is 4.74 Å². The van der Waals surface area contributed by atoms with Crippen LogP contribution in [0.1, 0.15) is 11.3 Å². The van der Waals surface area contributed by atoms with Gasteiger partial charge in [-0.3, -0.25) is 4.98 Å². The molecule has 0 saturated carbocycles. The predicted molar refractivity (Wildman–Crippen MR) is 70.9 cm³/mol. The minimum Gasteiger partial charge on any atom is -0.472 e. The Bertz CT molecular complexity index is 494. The predicted octanol–water partition coefficient (Wildman–Crippen LogP) is 2.03. The lowest BCUT2D eigenvalue weighted by Gasteiger charge is -2.01. The van der Waals surface area contributed by atoms with Crippen molar-refractivity contribution in [3.8, 4) is 5.88 Å². The Morgan fingerprint density at radius 3 is 2.61 bits per heavy atom. The van der Waals surface area contributed by atoms with Gasteiger partial charge in [-0.05, 0) is 11.6 Å². The number of ether oxygens (including phenoxy) is 1. The summed E-state index contributed by atoms with van der Waals surface area (Å²) in [4.78, 5) is 8.19. The van der Waals surface area contributed by atoms with Crippen LogP contribution >= 0.6 is 0 Å². The highest BCUT2D eigenvalue weighted by atomic mass is 16.5. The fraction of sp³-hybridized carbons (Fsp3) is 0.143. The van der Waals surface area contributed by atoms with Crippen LogP contribution in [0, 0.1) is 0 Å². The van der Waals surface area contributed by atoms with Crippen molar-refractivity contribution in [2.24, 2.45) is 5.73 Å². The molecule has 92 valence electrons. The molecular weight excluding hydrogens is 226 g/mol. The van der Waals surface area contributed by atoms with Gasteiger partial charge in [-0.25, -0.2) is 4.98 Å². The average molecular weight is 241 g/mol. The van der Waals surface area contributed by atoms with Gasteiger partial charge in [0.15, 0.2) is 0 Å². The van der Waals surface area contributed by atoms with Crippen molar-refractivity contribution in [2.75, 3.05) is 6.61 Å². The molecule has 0 aliphatic heterocycles. The van der Waals surface area contributed by atoms with E-state index in [0.29, 0.717) is 19.0 Å². The summed E-state index contributed by atoms with van der Waals surface area (Å²) < 4.78 is 5.43. The molecule has 0 radical (unpaired) electrons. The highest BCUT2D eigenvalue weighted by molar-refractivity contribution is 5.48. The molecule has 1 aromatic heterocycles. The van der Waals surface area contributed by atoms with Crippen LogP contribution < -0.4 is 10.5 Å². The van der Waals surface area contributed by atoms with Crippen molar-refractivity contribution in [1.82, 2.24) is 9.97 Å². The van der Waals surface area contributed by atoms with Gasteiger partial charge in [-0.1, -0.05) is 36.4 Å². The molecule has 2 N–H and O–H groups in total. The highest BCUT2D eigenvalue weighted by Gasteiger charge is 1.95. The normalized spacial score (nSPS) is 10.7. The van der Waals surface area contributed by atoms with Crippen molar-refractivity contribution in [2.45, 2.75) is 6.54 Å². The van der Waals surface area contributed by atoms with E-state index in [9.17, 15) is 0 Å². The van der Waals surface area contributed by atoms with E-state index in [1.54, 1.807) is 12.4 Å².